The molecule has 3 aromatic rings. The largest absolute Gasteiger partial charge is 0.398 e. The van der Waals surface area contributed by atoms with Crippen molar-refractivity contribution in [3.05, 3.63) is 72.8 Å². The first-order valence-electron chi connectivity index (χ1n) is 6.06. The summed E-state index contributed by atoms with van der Waals surface area (Å²) in [5.74, 6) is 5.10. The molecule has 3 aromatic carbocycles. The van der Waals surface area contributed by atoms with Gasteiger partial charge in [0.25, 0.3) is 0 Å². The highest BCUT2D eigenvalue weighted by atomic mass is 15.2. The molecule has 0 saturated heterocycles. The SMILES string of the molecule is NNc1ccccc1.Nc1cccc2ccccc12. The lowest BCUT2D eigenvalue weighted by Gasteiger charge is -1.98. The van der Waals surface area contributed by atoms with Crippen LogP contribution < -0.4 is 17.0 Å². The molecule has 3 nitrogen and oxygen atoms in total. The summed E-state index contributed by atoms with van der Waals surface area (Å²) in [5.41, 5.74) is 10.1. The van der Waals surface area contributed by atoms with Crippen LogP contribution in [-0.2, 0) is 0 Å². The zero-order chi connectivity index (χ0) is 13.5. The van der Waals surface area contributed by atoms with Crippen LogP contribution in [0, 0.1) is 0 Å². The molecule has 0 saturated carbocycles. The lowest BCUT2D eigenvalue weighted by atomic mass is 10.1. The molecule has 96 valence electrons. The normalized spacial score (nSPS) is 9.53. The van der Waals surface area contributed by atoms with Gasteiger partial charge in [-0.05, 0) is 23.6 Å². The highest BCUT2D eigenvalue weighted by Gasteiger charge is 1.92. The number of benzene rings is 3. The van der Waals surface area contributed by atoms with E-state index >= 15 is 0 Å². The van der Waals surface area contributed by atoms with Crippen molar-refractivity contribution in [1.29, 1.82) is 0 Å². The minimum atomic E-state index is 0.850. The van der Waals surface area contributed by atoms with E-state index in [2.05, 4.69) is 17.6 Å². The van der Waals surface area contributed by atoms with Gasteiger partial charge in [0.2, 0.25) is 0 Å². The maximum atomic E-state index is 5.76. The summed E-state index contributed by atoms with van der Waals surface area (Å²) in [4.78, 5) is 0. The third kappa shape index (κ3) is 3.47. The Morgan fingerprint density at radius 3 is 1.95 bits per heavy atom. The maximum absolute atomic E-state index is 5.76. The average molecular weight is 251 g/mol. The highest BCUT2D eigenvalue weighted by Crippen LogP contribution is 2.19. The van der Waals surface area contributed by atoms with Crippen molar-refractivity contribution in [2.24, 2.45) is 5.84 Å². The van der Waals surface area contributed by atoms with Crippen LogP contribution in [0.15, 0.2) is 72.8 Å². The zero-order valence-electron chi connectivity index (χ0n) is 10.6. The van der Waals surface area contributed by atoms with Crippen LogP contribution in [0.1, 0.15) is 0 Å². The Labute approximate surface area is 112 Å². The van der Waals surface area contributed by atoms with E-state index in [1.54, 1.807) is 0 Å². The fourth-order valence-corrected chi connectivity index (χ4v) is 1.78. The number of hydrazine groups is 1. The van der Waals surface area contributed by atoms with Gasteiger partial charge in [-0.2, -0.15) is 0 Å². The van der Waals surface area contributed by atoms with Crippen molar-refractivity contribution in [3.8, 4) is 0 Å². The molecule has 19 heavy (non-hydrogen) atoms. The summed E-state index contributed by atoms with van der Waals surface area (Å²) >= 11 is 0. The topological polar surface area (TPSA) is 64.1 Å². The second kappa shape index (κ2) is 6.42. The monoisotopic (exact) mass is 251 g/mol. The van der Waals surface area contributed by atoms with Crippen molar-refractivity contribution in [2.45, 2.75) is 0 Å². The molecule has 0 aliphatic rings. The number of nitrogens with one attached hydrogen (secondary N) is 1. The molecule has 0 spiro atoms. The van der Waals surface area contributed by atoms with Gasteiger partial charge in [0, 0.05) is 16.8 Å². The summed E-state index contributed by atoms with van der Waals surface area (Å²) in [6.45, 7) is 0. The Hall–Kier alpha value is -2.52. The first-order chi connectivity index (χ1) is 9.31. The van der Waals surface area contributed by atoms with Gasteiger partial charge in [-0.25, -0.2) is 0 Å². The Morgan fingerprint density at radius 2 is 1.32 bits per heavy atom. The second-order valence-electron chi connectivity index (χ2n) is 4.08. The summed E-state index contributed by atoms with van der Waals surface area (Å²) in [7, 11) is 0. The molecular formula is C16H17N3. The summed E-state index contributed by atoms with van der Waals surface area (Å²) < 4.78 is 0. The van der Waals surface area contributed by atoms with Crippen LogP contribution in [0.3, 0.4) is 0 Å². The summed E-state index contributed by atoms with van der Waals surface area (Å²) in [5, 5.41) is 2.34. The van der Waals surface area contributed by atoms with Crippen LogP contribution >= 0.6 is 0 Å². The number of nitrogens with two attached hydrogens (primary N) is 2. The van der Waals surface area contributed by atoms with Crippen molar-refractivity contribution in [1.82, 2.24) is 0 Å². The number of hydrogen-bond donors (Lipinski definition) is 3. The minimum absolute atomic E-state index is 0.850. The van der Waals surface area contributed by atoms with Crippen molar-refractivity contribution >= 4 is 22.1 Å². The zero-order valence-corrected chi connectivity index (χ0v) is 10.6. The lowest BCUT2D eigenvalue weighted by Crippen LogP contribution is -2.05. The lowest BCUT2D eigenvalue weighted by molar-refractivity contribution is 1.35. The van der Waals surface area contributed by atoms with E-state index in [0.717, 1.165) is 16.8 Å². The maximum Gasteiger partial charge on any atom is 0.0485 e. The minimum Gasteiger partial charge on any atom is -0.398 e. The van der Waals surface area contributed by atoms with Crippen molar-refractivity contribution in [2.75, 3.05) is 11.2 Å². The van der Waals surface area contributed by atoms with Crippen LogP contribution in [-0.4, -0.2) is 0 Å². The van der Waals surface area contributed by atoms with E-state index in [1.165, 1.54) is 5.39 Å². The summed E-state index contributed by atoms with van der Waals surface area (Å²) in [6, 6.07) is 23.7. The van der Waals surface area contributed by atoms with Crippen LogP contribution in [0.4, 0.5) is 11.4 Å². The van der Waals surface area contributed by atoms with Crippen LogP contribution in [0.5, 0.6) is 0 Å². The molecule has 0 amide bonds. The molecule has 0 unspecified atom stereocenters. The van der Waals surface area contributed by atoms with Gasteiger partial charge in [-0.3, -0.25) is 5.84 Å². The number of anilines is 2. The summed E-state index contributed by atoms with van der Waals surface area (Å²) in [6.07, 6.45) is 0. The predicted octanol–water partition coefficient (Wildman–Crippen LogP) is 3.39. The van der Waals surface area contributed by atoms with E-state index in [4.69, 9.17) is 11.6 Å². The van der Waals surface area contributed by atoms with Gasteiger partial charge in [0.1, 0.15) is 0 Å². The van der Waals surface area contributed by atoms with Crippen molar-refractivity contribution < 1.29 is 0 Å². The van der Waals surface area contributed by atoms with Gasteiger partial charge in [-0.15, -0.1) is 0 Å². The molecule has 0 aliphatic carbocycles. The van der Waals surface area contributed by atoms with Gasteiger partial charge >= 0.3 is 0 Å². The first kappa shape index (κ1) is 12.9. The molecular weight excluding hydrogens is 234 g/mol. The molecule has 0 radical (unpaired) electrons. The number of nitrogen functional groups attached to an aromatic ring is 2. The Kier molecular flexibility index (Phi) is 4.37. The van der Waals surface area contributed by atoms with E-state index in [9.17, 15) is 0 Å². The van der Waals surface area contributed by atoms with Gasteiger partial charge in [0.15, 0.2) is 0 Å². The molecule has 0 heterocycles. The third-order valence-corrected chi connectivity index (χ3v) is 2.76. The van der Waals surface area contributed by atoms with E-state index < -0.39 is 0 Å². The molecule has 0 aromatic heterocycles. The molecule has 3 heteroatoms. The standard InChI is InChI=1S/C10H9N.C6H8N2/c11-10-7-3-5-8-4-1-2-6-9(8)10;7-8-6-4-2-1-3-5-6/h1-7H,11H2;1-5,8H,7H2. The fraction of sp³-hybridized carbons (Fsp3) is 0. The second-order valence-corrected chi connectivity index (χ2v) is 4.08. The van der Waals surface area contributed by atoms with E-state index in [0.29, 0.717) is 0 Å². The quantitative estimate of drug-likeness (QED) is 0.353. The van der Waals surface area contributed by atoms with Crippen molar-refractivity contribution in [3.63, 3.8) is 0 Å². The Bertz CT molecular complexity index is 630. The Balaban J connectivity index is 0.000000148. The van der Waals surface area contributed by atoms with Gasteiger partial charge in [-0.1, -0.05) is 54.6 Å². The number of rotatable bonds is 1. The van der Waals surface area contributed by atoms with Gasteiger partial charge < -0.3 is 11.2 Å². The first-order valence-corrected chi connectivity index (χ1v) is 6.06. The van der Waals surface area contributed by atoms with E-state index in [-0.39, 0.29) is 0 Å². The number of hydrogen-bond acceptors (Lipinski definition) is 3. The third-order valence-electron chi connectivity index (χ3n) is 2.76. The van der Waals surface area contributed by atoms with Crippen LogP contribution in [0.2, 0.25) is 0 Å². The van der Waals surface area contributed by atoms with Gasteiger partial charge in [0.05, 0.1) is 0 Å². The molecule has 0 bridgehead atoms. The molecule has 3 rings (SSSR count). The van der Waals surface area contributed by atoms with Crippen LogP contribution in [0.25, 0.3) is 10.8 Å². The highest BCUT2D eigenvalue weighted by molar-refractivity contribution is 5.92. The fourth-order valence-electron chi connectivity index (χ4n) is 1.78. The molecule has 0 aliphatic heterocycles. The number of para-hydroxylation sites is 1. The smallest absolute Gasteiger partial charge is 0.0485 e. The molecule has 0 fully saturated rings. The Morgan fingerprint density at radius 1 is 0.684 bits per heavy atom. The molecule has 0 atom stereocenters. The predicted molar refractivity (Wildman–Crippen MR) is 82.6 cm³/mol. The van der Waals surface area contributed by atoms with E-state index in [1.807, 2.05) is 60.7 Å². The average Bonchev–Trinajstić information content (AvgIpc) is 2.49. The number of fused-ring (bicyclic) bond motifs is 1. The molecule has 5 N–H and O–H groups in total.